The molecule has 1 aromatic rings. The molecule has 3 nitrogen and oxygen atoms in total. The van der Waals surface area contributed by atoms with Gasteiger partial charge in [-0.05, 0) is 12.1 Å². The number of aliphatic hydroxyl groups excluding tert-OH is 1. The Morgan fingerprint density at radius 2 is 2.28 bits per heavy atom. The largest absolute Gasteiger partial charge is 0.396 e. The van der Waals surface area contributed by atoms with E-state index in [1.807, 2.05) is 30.9 Å². The maximum Gasteiger partial charge on any atom is 0.233 e. The second-order valence-electron chi connectivity index (χ2n) is 5.15. The first-order valence-corrected chi connectivity index (χ1v) is 7.94. The van der Waals surface area contributed by atoms with E-state index < -0.39 is 0 Å². The van der Waals surface area contributed by atoms with Gasteiger partial charge in [0.1, 0.15) is 5.37 Å². The average molecular weight is 306 g/mol. The zero-order valence-electron chi connectivity index (χ0n) is 10.4. The van der Waals surface area contributed by atoms with Gasteiger partial charge in [-0.25, -0.2) is 0 Å². The van der Waals surface area contributed by atoms with Crippen molar-refractivity contribution in [1.29, 1.82) is 0 Å². The Kier molecular flexibility index (Phi) is 4.26. The van der Waals surface area contributed by atoms with E-state index in [-0.39, 0.29) is 23.3 Å². The first-order valence-electron chi connectivity index (χ1n) is 5.70. The number of halogens is 1. The molecule has 6 heteroatoms. The molecular formula is C12H16ClNO2S2. The molecule has 1 aliphatic heterocycles. The quantitative estimate of drug-likeness (QED) is 0.929. The number of carbonyl (C=O) groups is 1. The van der Waals surface area contributed by atoms with Crippen LogP contribution in [0.15, 0.2) is 12.1 Å². The summed E-state index contributed by atoms with van der Waals surface area (Å²) in [4.78, 5) is 14.9. The van der Waals surface area contributed by atoms with Gasteiger partial charge in [0.2, 0.25) is 5.91 Å². The zero-order chi connectivity index (χ0) is 13.3. The summed E-state index contributed by atoms with van der Waals surface area (Å²) in [6.45, 7) is 4.55. The molecule has 2 rings (SSSR count). The Balaban J connectivity index is 2.18. The molecule has 18 heavy (non-hydrogen) atoms. The van der Waals surface area contributed by atoms with E-state index in [4.69, 9.17) is 11.6 Å². The molecule has 2 heterocycles. The van der Waals surface area contributed by atoms with Gasteiger partial charge in [-0.15, -0.1) is 23.1 Å². The Labute approximate surface area is 120 Å². The summed E-state index contributed by atoms with van der Waals surface area (Å²) in [5.74, 6) is 0.637. The van der Waals surface area contributed by atoms with E-state index >= 15 is 0 Å². The van der Waals surface area contributed by atoms with Crippen LogP contribution >= 0.6 is 34.7 Å². The van der Waals surface area contributed by atoms with Crippen molar-refractivity contribution >= 4 is 40.6 Å². The molecule has 1 fully saturated rings. The summed E-state index contributed by atoms with van der Waals surface area (Å²) >= 11 is 9.08. The Bertz CT molecular complexity index is 447. The SMILES string of the molecule is CC(C)(CO)CN1C(=O)CSC1c1ccc(Cl)s1. The minimum atomic E-state index is -0.278. The lowest BCUT2D eigenvalue weighted by molar-refractivity contribution is -0.129. The molecule has 0 radical (unpaired) electrons. The second kappa shape index (κ2) is 5.41. The van der Waals surface area contributed by atoms with Crippen molar-refractivity contribution in [3.05, 3.63) is 21.3 Å². The van der Waals surface area contributed by atoms with Gasteiger partial charge in [-0.1, -0.05) is 25.4 Å². The van der Waals surface area contributed by atoms with Crippen LogP contribution in [0.25, 0.3) is 0 Å². The molecule has 0 aromatic carbocycles. The van der Waals surface area contributed by atoms with Gasteiger partial charge in [-0.3, -0.25) is 4.79 Å². The van der Waals surface area contributed by atoms with Crippen molar-refractivity contribution in [3.63, 3.8) is 0 Å². The molecule has 1 aliphatic rings. The summed E-state index contributed by atoms with van der Waals surface area (Å²) in [6, 6.07) is 3.84. The van der Waals surface area contributed by atoms with Crippen LogP contribution in [0, 0.1) is 5.41 Å². The molecule has 0 aliphatic carbocycles. The van der Waals surface area contributed by atoms with Gasteiger partial charge in [0.15, 0.2) is 0 Å². The number of aliphatic hydroxyl groups is 1. The maximum atomic E-state index is 12.0. The third kappa shape index (κ3) is 3.02. The molecular weight excluding hydrogens is 290 g/mol. The number of nitrogens with zero attached hydrogens (tertiary/aromatic N) is 1. The third-order valence-electron chi connectivity index (χ3n) is 2.83. The van der Waals surface area contributed by atoms with Crippen molar-refractivity contribution in [1.82, 2.24) is 4.90 Å². The molecule has 100 valence electrons. The third-order valence-corrected chi connectivity index (χ3v) is 5.50. The smallest absolute Gasteiger partial charge is 0.233 e. The first-order chi connectivity index (χ1) is 8.43. The van der Waals surface area contributed by atoms with Crippen LogP contribution in [0.2, 0.25) is 4.34 Å². The maximum absolute atomic E-state index is 12.0. The van der Waals surface area contributed by atoms with Crippen molar-refractivity contribution in [2.24, 2.45) is 5.41 Å². The summed E-state index contributed by atoms with van der Waals surface area (Å²) < 4.78 is 0.742. The van der Waals surface area contributed by atoms with E-state index in [1.165, 1.54) is 11.3 Å². The number of amides is 1. The lowest BCUT2D eigenvalue weighted by atomic mass is 9.94. The molecule has 1 atom stereocenters. The molecule has 0 saturated carbocycles. The molecule has 0 spiro atoms. The van der Waals surface area contributed by atoms with Gasteiger partial charge in [0, 0.05) is 23.4 Å². The number of thioether (sulfide) groups is 1. The second-order valence-corrected chi connectivity index (χ2v) is 7.96. The van der Waals surface area contributed by atoms with Crippen LogP contribution < -0.4 is 0 Å². The highest BCUT2D eigenvalue weighted by molar-refractivity contribution is 8.00. The highest BCUT2D eigenvalue weighted by atomic mass is 35.5. The average Bonchev–Trinajstić information content (AvgIpc) is 2.87. The summed E-state index contributed by atoms with van der Waals surface area (Å²) in [7, 11) is 0. The van der Waals surface area contributed by atoms with Crippen molar-refractivity contribution in [3.8, 4) is 0 Å². The summed E-state index contributed by atoms with van der Waals surface area (Å²) in [6.07, 6.45) is 0. The van der Waals surface area contributed by atoms with Crippen LogP contribution in [0.1, 0.15) is 24.1 Å². The van der Waals surface area contributed by atoms with Crippen molar-refractivity contribution < 1.29 is 9.90 Å². The fourth-order valence-electron chi connectivity index (χ4n) is 1.83. The van der Waals surface area contributed by atoms with Crippen molar-refractivity contribution in [2.75, 3.05) is 18.9 Å². The standard InChI is InChI=1S/C12H16ClNO2S2/c1-12(2,7-15)6-14-10(16)5-17-11(14)8-3-4-9(13)18-8/h3-4,11,15H,5-7H2,1-2H3. The van der Waals surface area contributed by atoms with Gasteiger partial charge in [-0.2, -0.15) is 0 Å². The topological polar surface area (TPSA) is 40.5 Å². The Morgan fingerprint density at radius 3 is 2.83 bits per heavy atom. The van der Waals surface area contributed by atoms with Crippen LogP contribution in [0.5, 0.6) is 0 Å². The van der Waals surface area contributed by atoms with E-state index in [0.29, 0.717) is 12.3 Å². The number of thiophene rings is 1. The molecule has 1 amide bonds. The van der Waals surface area contributed by atoms with E-state index in [9.17, 15) is 9.90 Å². The number of hydrogen-bond acceptors (Lipinski definition) is 4. The van der Waals surface area contributed by atoms with E-state index in [1.54, 1.807) is 11.8 Å². The molecule has 1 N–H and O–H groups in total. The highest BCUT2D eigenvalue weighted by Crippen LogP contribution is 2.43. The normalized spacial score (nSPS) is 20.8. The predicted molar refractivity (Wildman–Crippen MR) is 77.1 cm³/mol. The first kappa shape index (κ1) is 14.2. The Morgan fingerprint density at radius 1 is 1.56 bits per heavy atom. The predicted octanol–water partition coefficient (Wildman–Crippen LogP) is 2.99. The van der Waals surface area contributed by atoms with Crippen LogP contribution in [-0.4, -0.2) is 34.8 Å². The van der Waals surface area contributed by atoms with Gasteiger partial charge >= 0.3 is 0 Å². The van der Waals surface area contributed by atoms with Gasteiger partial charge in [0.05, 0.1) is 10.1 Å². The summed E-state index contributed by atoms with van der Waals surface area (Å²) in [5, 5.41) is 9.38. The molecule has 0 bridgehead atoms. The lowest BCUT2D eigenvalue weighted by Gasteiger charge is -2.31. The molecule has 1 unspecified atom stereocenters. The molecule has 1 saturated heterocycles. The number of rotatable bonds is 4. The van der Waals surface area contributed by atoms with Gasteiger partial charge < -0.3 is 10.0 Å². The van der Waals surface area contributed by atoms with Crippen molar-refractivity contribution in [2.45, 2.75) is 19.2 Å². The lowest BCUT2D eigenvalue weighted by Crippen LogP contribution is -2.38. The fourth-order valence-corrected chi connectivity index (χ4v) is 4.32. The zero-order valence-corrected chi connectivity index (χ0v) is 12.7. The minimum absolute atomic E-state index is 0.0424. The van der Waals surface area contributed by atoms with Crippen LogP contribution in [0.4, 0.5) is 0 Å². The highest BCUT2D eigenvalue weighted by Gasteiger charge is 2.36. The Hall–Kier alpha value is -0.230. The van der Waals surface area contributed by atoms with Crippen LogP contribution in [0.3, 0.4) is 0 Å². The summed E-state index contributed by atoms with van der Waals surface area (Å²) in [5.41, 5.74) is -0.278. The number of hydrogen-bond donors (Lipinski definition) is 1. The van der Waals surface area contributed by atoms with E-state index in [2.05, 4.69) is 0 Å². The molecule has 1 aromatic heterocycles. The fraction of sp³-hybridized carbons (Fsp3) is 0.583. The van der Waals surface area contributed by atoms with Gasteiger partial charge in [0.25, 0.3) is 0 Å². The monoisotopic (exact) mass is 305 g/mol. The van der Waals surface area contributed by atoms with E-state index in [0.717, 1.165) is 9.21 Å². The number of carbonyl (C=O) groups excluding carboxylic acids is 1. The van der Waals surface area contributed by atoms with Crippen LogP contribution in [-0.2, 0) is 4.79 Å². The minimum Gasteiger partial charge on any atom is -0.396 e.